The third-order valence-corrected chi connectivity index (χ3v) is 4.26. The molecule has 28 heavy (non-hydrogen) atoms. The maximum atomic E-state index is 13.2. The number of rotatable bonds is 4. The molecule has 2 aromatic carbocycles. The average Bonchev–Trinajstić information content (AvgIpc) is 2.61. The van der Waals surface area contributed by atoms with Crippen molar-refractivity contribution < 1.29 is 9.53 Å². The topological polar surface area (TPSA) is 73.2 Å². The van der Waals surface area contributed by atoms with Gasteiger partial charge in [0.2, 0.25) is 0 Å². The van der Waals surface area contributed by atoms with Crippen molar-refractivity contribution in [1.82, 2.24) is 14.9 Å². The van der Waals surface area contributed by atoms with Crippen LogP contribution in [0.15, 0.2) is 53.3 Å². The van der Waals surface area contributed by atoms with Gasteiger partial charge in [-0.3, -0.25) is 9.36 Å². The van der Waals surface area contributed by atoms with E-state index in [2.05, 4.69) is 10.3 Å². The molecule has 0 unspecified atom stereocenters. The fourth-order valence-corrected chi connectivity index (χ4v) is 3.09. The molecule has 0 fully saturated rings. The van der Waals surface area contributed by atoms with E-state index in [0.717, 1.165) is 0 Å². The van der Waals surface area contributed by atoms with E-state index < -0.39 is 11.7 Å². The van der Waals surface area contributed by atoms with Crippen LogP contribution in [-0.2, 0) is 11.2 Å². The summed E-state index contributed by atoms with van der Waals surface area (Å²) in [5, 5.41) is 3.43. The Morgan fingerprint density at radius 2 is 1.86 bits per heavy atom. The van der Waals surface area contributed by atoms with E-state index in [1.807, 2.05) is 30.3 Å². The second-order valence-electron chi connectivity index (χ2n) is 7.32. The minimum Gasteiger partial charge on any atom is -0.444 e. The molecular weight excluding hydrogens is 378 g/mol. The molecule has 1 N–H and O–H groups in total. The van der Waals surface area contributed by atoms with E-state index in [9.17, 15) is 9.59 Å². The summed E-state index contributed by atoms with van der Waals surface area (Å²) in [7, 11) is 0. The Kier molecular flexibility index (Phi) is 5.70. The van der Waals surface area contributed by atoms with Gasteiger partial charge < -0.3 is 10.1 Å². The Hall–Kier alpha value is -2.86. The molecule has 0 spiro atoms. The third kappa shape index (κ3) is 4.51. The summed E-state index contributed by atoms with van der Waals surface area (Å²) in [6.07, 6.45) is -0.156. The third-order valence-electron chi connectivity index (χ3n) is 3.95. The first-order chi connectivity index (χ1) is 13.3. The zero-order chi connectivity index (χ0) is 20.3. The smallest absolute Gasteiger partial charge is 0.407 e. The number of nitrogens with zero attached hydrogens (tertiary/aromatic N) is 2. The Bertz CT molecular complexity index is 1060. The molecule has 0 aliphatic carbocycles. The van der Waals surface area contributed by atoms with Crippen LogP contribution >= 0.6 is 11.6 Å². The molecule has 3 rings (SSSR count). The predicted octanol–water partition coefficient (Wildman–Crippen LogP) is 4.11. The highest BCUT2D eigenvalue weighted by molar-refractivity contribution is 6.35. The van der Waals surface area contributed by atoms with Crippen LogP contribution < -0.4 is 10.9 Å². The summed E-state index contributed by atoms with van der Waals surface area (Å²) in [6, 6.07) is 14.4. The fraction of sp³-hybridized carbons (Fsp3) is 0.286. The molecule has 1 heterocycles. The number of hydrogen-bond donors (Lipinski definition) is 1. The van der Waals surface area contributed by atoms with Crippen molar-refractivity contribution in [3.8, 4) is 5.69 Å². The number of para-hydroxylation sites is 1. The molecule has 0 aliphatic heterocycles. The quantitative estimate of drug-likeness (QED) is 0.716. The van der Waals surface area contributed by atoms with Crippen LogP contribution in [0.5, 0.6) is 0 Å². The number of ether oxygens (including phenoxy) is 1. The van der Waals surface area contributed by atoms with Gasteiger partial charge in [-0.15, -0.1) is 0 Å². The Morgan fingerprint density at radius 3 is 2.54 bits per heavy atom. The normalized spacial score (nSPS) is 11.4. The van der Waals surface area contributed by atoms with E-state index in [1.54, 1.807) is 39.0 Å². The van der Waals surface area contributed by atoms with Gasteiger partial charge in [-0.05, 0) is 45.0 Å². The van der Waals surface area contributed by atoms with Crippen molar-refractivity contribution in [2.45, 2.75) is 32.8 Å². The number of alkyl carbamates (subject to hydrolysis) is 1. The first kappa shape index (κ1) is 19.9. The monoisotopic (exact) mass is 399 g/mol. The van der Waals surface area contributed by atoms with Crippen LogP contribution in [0.25, 0.3) is 16.6 Å². The molecule has 1 amide bonds. The van der Waals surface area contributed by atoms with Crippen molar-refractivity contribution in [2.75, 3.05) is 6.54 Å². The molecule has 1 aromatic heterocycles. The van der Waals surface area contributed by atoms with Gasteiger partial charge in [0, 0.05) is 13.0 Å². The lowest BCUT2D eigenvalue weighted by atomic mass is 10.2. The fourth-order valence-electron chi connectivity index (χ4n) is 2.84. The molecule has 0 radical (unpaired) electrons. The van der Waals surface area contributed by atoms with E-state index in [1.165, 1.54) is 4.57 Å². The van der Waals surface area contributed by atoms with Crippen LogP contribution in [0.3, 0.4) is 0 Å². The molecule has 0 saturated carbocycles. The van der Waals surface area contributed by atoms with Crippen LogP contribution in [0.4, 0.5) is 4.79 Å². The second kappa shape index (κ2) is 8.02. The number of halogens is 1. The van der Waals surface area contributed by atoms with Gasteiger partial charge in [-0.1, -0.05) is 35.9 Å². The van der Waals surface area contributed by atoms with E-state index in [0.29, 0.717) is 33.9 Å². The molecule has 3 aromatic rings. The number of amides is 1. The predicted molar refractivity (Wildman–Crippen MR) is 110 cm³/mol. The largest absolute Gasteiger partial charge is 0.444 e. The molecule has 7 heteroatoms. The molecule has 146 valence electrons. The number of aromatic nitrogens is 2. The average molecular weight is 400 g/mol. The lowest BCUT2D eigenvalue weighted by molar-refractivity contribution is 0.0528. The van der Waals surface area contributed by atoms with Gasteiger partial charge in [0.05, 0.1) is 21.6 Å². The SMILES string of the molecule is CC(C)(C)OC(=O)NCCc1nc2cccc(Cl)c2c(=O)n1-c1ccccc1. The van der Waals surface area contributed by atoms with Crippen LogP contribution in [0.2, 0.25) is 5.02 Å². The van der Waals surface area contributed by atoms with Gasteiger partial charge in [0.1, 0.15) is 11.4 Å². The number of fused-ring (bicyclic) bond motifs is 1. The minimum absolute atomic E-state index is 0.242. The molecule has 6 nitrogen and oxygen atoms in total. The number of carbonyl (C=O) groups excluding carboxylic acids is 1. The molecule has 0 bridgehead atoms. The Labute approximate surface area is 168 Å². The zero-order valence-corrected chi connectivity index (χ0v) is 16.8. The summed E-state index contributed by atoms with van der Waals surface area (Å²) in [6.45, 7) is 5.68. The second-order valence-corrected chi connectivity index (χ2v) is 7.72. The van der Waals surface area contributed by atoms with Crippen LogP contribution in [-0.4, -0.2) is 27.8 Å². The summed E-state index contributed by atoms with van der Waals surface area (Å²) >= 11 is 6.25. The first-order valence-corrected chi connectivity index (χ1v) is 9.36. The van der Waals surface area contributed by atoms with Crippen molar-refractivity contribution in [2.24, 2.45) is 0 Å². The van der Waals surface area contributed by atoms with E-state index in [-0.39, 0.29) is 12.1 Å². The van der Waals surface area contributed by atoms with Crippen molar-refractivity contribution in [3.05, 3.63) is 69.7 Å². The zero-order valence-electron chi connectivity index (χ0n) is 16.0. The van der Waals surface area contributed by atoms with E-state index >= 15 is 0 Å². The van der Waals surface area contributed by atoms with E-state index in [4.69, 9.17) is 16.3 Å². The Morgan fingerprint density at radius 1 is 1.14 bits per heavy atom. The van der Waals surface area contributed by atoms with Crippen LogP contribution in [0.1, 0.15) is 26.6 Å². The lowest BCUT2D eigenvalue weighted by Crippen LogP contribution is -2.34. The highest BCUT2D eigenvalue weighted by Crippen LogP contribution is 2.20. The number of carbonyl (C=O) groups is 1. The van der Waals surface area contributed by atoms with Gasteiger partial charge in [0.25, 0.3) is 5.56 Å². The maximum absolute atomic E-state index is 13.2. The standard InChI is InChI=1S/C21H22ClN3O3/c1-21(2,3)28-20(27)23-13-12-17-24-16-11-7-10-15(22)18(16)19(26)25(17)14-8-5-4-6-9-14/h4-11H,12-13H2,1-3H3,(H,23,27). The van der Waals surface area contributed by atoms with Gasteiger partial charge in [-0.25, -0.2) is 9.78 Å². The number of hydrogen-bond acceptors (Lipinski definition) is 4. The van der Waals surface area contributed by atoms with Gasteiger partial charge in [-0.2, -0.15) is 0 Å². The number of benzene rings is 2. The maximum Gasteiger partial charge on any atom is 0.407 e. The highest BCUT2D eigenvalue weighted by Gasteiger charge is 2.17. The number of nitrogens with one attached hydrogen (secondary N) is 1. The lowest BCUT2D eigenvalue weighted by Gasteiger charge is -2.20. The first-order valence-electron chi connectivity index (χ1n) is 8.99. The van der Waals surface area contributed by atoms with Crippen molar-refractivity contribution >= 4 is 28.6 Å². The summed E-state index contributed by atoms with van der Waals surface area (Å²) < 4.78 is 6.78. The summed E-state index contributed by atoms with van der Waals surface area (Å²) in [4.78, 5) is 29.7. The molecule has 0 aliphatic rings. The Balaban J connectivity index is 1.97. The van der Waals surface area contributed by atoms with Crippen LogP contribution in [0, 0.1) is 0 Å². The van der Waals surface area contributed by atoms with Crippen molar-refractivity contribution in [1.29, 1.82) is 0 Å². The van der Waals surface area contributed by atoms with Gasteiger partial charge in [0.15, 0.2) is 0 Å². The van der Waals surface area contributed by atoms with Gasteiger partial charge >= 0.3 is 6.09 Å². The molecule has 0 atom stereocenters. The summed E-state index contributed by atoms with van der Waals surface area (Å²) in [5.74, 6) is 0.530. The minimum atomic E-state index is -0.575. The molecule has 0 saturated heterocycles. The summed E-state index contributed by atoms with van der Waals surface area (Å²) in [5.41, 5.74) is 0.397. The highest BCUT2D eigenvalue weighted by atomic mass is 35.5. The van der Waals surface area contributed by atoms with Crippen molar-refractivity contribution in [3.63, 3.8) is 0 Å². The molecular formula is C21H22ClN3O3.